The van der Waals surface area contributed by atoms with Crippen LogP contribution in [0.15, 0.2) is 28.7 Å². The molecule has 116 valence electrons. The molecule has 0 fully saturated rings. The minimum absolute atomic E-state index is 0.0350. The molecule has 1 aromatic rings. The summed E-state index contributed by atoms with van der Waals surface area (Å²) in [5, 5.41) is 11.4. The van der Waals surface area contributed by atoms with Crippen molar-refractivity contribution in [2.75, 3.05) is 6.54 Å². The second-order valence-corrected chi connectivity index (χ2v) is 5.88. The highest BCUT2D eigenvalue weighted by Gasteiger charge is 2.05. The van der Waals surface area contributed by atoms with Gasteiger partial charge in [-0.2, -0.15) is 0 Å². The normalized spacial score (nSPS) is 10.3. The molecular weight excluding hydrogens is 334 g/mol. The van der Waals surface area contributed by atoms with Crippen molar-refractivity contribution in [1.82, 2.24) is 5.32 Å². The number of halogens is 1. The second kappa shape index (κ2) is 10.4. The lowest BCUT2D eigenvalue weighted by molar-refractivity contribution is -0.137. The van der Waals surface area contributed by atoms with E-state index in [0.29, 0.717) is 13.0 Å². The van der Waals surface area contributed by atoms with E-state index in [0.717, 1.165) is 42.1 Å². The van der Waals surface area contributed by atoms with Crippen LogP contribution in [0, 0.1) is 0 Å². The summed E-state index contributed by atoms with van der Waals surface area (Å²) in [7, 11) is 0. The largest absolute Gasteiger partial charge is 0.481 e. The Kier molecular flexibility index (Phi) is 8.74. The monoisotopic (exact) mass is 355 g/mol. The highest BCUT2D eigenvalue weighted by atomic mass is 79.9. The first-order valence-electron chi connectivity index (χ1n) is 7.31. The van der Waals surface area contributed by atoms with E-state index in [2.05, 4.69) is 21.2 Å². The Morgan fingerprint density at radius 1 is 1.05 bits per heavy atom. The highest BCUT2D eigenvalue weighted by molar-refractivity contribution is 9.10. The first-order valence-corrected chi connectivity index (χ1v) is 8.11. The predicted molar refractivity (Wildman–Crippen MR) is 86.2 cm³/mol. The Balaban J connectivity index is 2.04. The van der Waals surface area contributed by atoms with Crippen molar-refractivity contribution < 1.29 is 14.7 Å². The average Bonchev–Trinajstić information content (AvgIpc) is 2.44. The third kappa shape index (κ3) is 8.50. The number of hydrogen-bond donors (Lipinski definition) is 2. The molecule has 2 N–H and O–H groups in total. The second-order valence-electron chi connectivity index (χ2n) is 5.03. The Hall–Kier alpha value is -1.36. The van der Waals surface area contributed by atoms with Crippen LogP contribution in [0.3, 0.4) is 0 Å². The Morgan fingerprint density at radius 2 is 1.71 bits per heavy atom. The van der Waals surface area contributed by atoms with Crippen molar-refractivity contribution in [2.45, 2.75) is 44.9 Å². The quantitative estimate of drug-likeness (QED) is 0.631. The number of benzene rings is 1. The maximum absolute atomic E-state index is 11.8. The van der Waals surface area contributed by atoms with Gasteiger partial charge in [-0.05, 0) is 24.5 Å². The van der Waals surface area contributed by atoms with Crippen LogP contribution in [0.4, 0.5) is 0 Å². The molecule has 0 aliphatic heterocycles. The smallest absolute Gasteiger partial charge is 0.303 e. The van der Waals surface area contributed by atoms with E-state index in [1.165, 1.54) is 0 Å². The van der Waals surface area contributed by atoms with Gasteiger partial charge in [-0.25, -0.2) is 0 Å². The molecule has 1 amide bonds. The molecule has 0 saturated heterocycles. The van der Waals surface area contributed by atoms with E-state index < -0.39 is 5.97 Å². The molecule has 0 atom stereocenters. The molecule has 0 bridgehead atoms. The Bertz CT molecular complexity index is 463. The molecule has 1 aromatic carbocycles. The number of amides is 1. The molecule has 21 heavy (non-hydrogen) atoms. The number of unbranched alkanes of at least 4 members (excludes halogenated alkanes) is 4. The summed E-state index contributed by atoms with van der Waals surface area (Å²) in [5.41, 5.74) is 0.990. The van der Waals surface area contributed by atoms with Crippen LogP contribution in [0.2, 0.25) is 0 Å². The molecular formula is C16H22BrNO3. The third-order valence-electron chi connectivity index (χ3n) is 3.20. The third-order valence-corrected chi connectivity index (χ3v) is 3.97. The minimum atomic E-state index is -0.727. The highest BCUT2D eigenvalue weighted by Crippen LogP contribution is 2.16. The van der Waals surface area contributed by atoms with E-state index in [4.69, 9.17) is 5.11 Å². The molecule has 0 spiro atoms. The van der Waals surface area contributed by atoms with Crippen molar-refractivity contribution in [3.8, 4) is 0 Å². The summed E-state index contributed by atoms with van der Waals surface area (Å²) in [6.07, 6.45) is 5.31. The fourth-order valence-electron chi connectivity index (χ4n) is 2.04. The number of aliphatic carboxylic acids is 1. The van der Waals surface area contributed by atoms with E-state index in [1.807, 2.05) is 24.3 Å². The van der Waals surface area contributed by atoms with Crippen LogP contribution in [0.5, 0.6) is 0 Å². The molecule has 0 aromatic heterocycles. The minimum Gasteiger partial charge on any atom is -0.481 e. The van der Waals surface area contributed by atoms with Crippen LogP contribution in [0.25, 0.3) is 0 Å². The lowest BCUT2D eigenvalue weighted by atomic mass is 10.1. The number of rotatable bonds is 10. The lowest BCUT2D eigenvalue weighted by Crippen LogP contribution is -2.26. The number of nitrogens with one attached hydrogen (secondary N) is 1. The van der Waals surface area contributed by atoms with Crippen molar-refractivity contribution in [1.29, 1.82) is 0 Å². The van der Waals surface area contributed by atoms with Gasteiger partial charge >= 0.3 is 5.97 Å². The van der Waals surface area contributed by atoms with Crippen molar-refractivity contribution in [3.05, 3.63) is 34.3 Å². The predicted octanol–water partition coefficient (Wildman–Crippen LogP) is 3.53. The van der Waals surface area contributed by atoms with Gasteiger partial charge in [0.15, 0.2) is 0 Å². The average molecular weight is 356 g/mol. The summed E-state index contributed by atoms with van der Waals surface area (Å²) < 4.78 is 0.957. The molecule has 0 saturated carbocycles. The fourth-order valence-corrected chi connectivity index (χ4v) is 2.46. The molecule has 0 heterocycles. The standard InChI is InChI=1S/C16H22BrNO3/c17-14-9-6-5-8-13(14)12-15(19)18-11-7-3-1-2-4-10-16(20)21/h5-6,8-9H,1-4,7,10-12H2,(H,18,19)(H,20,21). The Labute approximate surface area is 134 Å². The number of carboxylic acids is 1. The van der Waals surface area contributed by atoms with Crippen molar-refractivity contribution >= 4 is 27.8 Å². The van der Waals surface area contributed by atoms with Crippen molar-refractivity contribution in [3.63, 3.8) is 0 Å². The van der Waals surface area contributed by atoms with Crippen LogP contribution < -0.4 is 5.32 Å². The van der Waals surface area contributed by atoms with Gasteiger partial charge in [0, 0.05) is 17.4 Å². The number of carboxylic acid groups (broad SMARTS) is 1. The van der Waals surface area contributed by atoms with Crippen LogP contribution in [0.1, 0.15) is 44.1 Å². The van der Waals surface area contributed by atoms with Gasteiger partial charge < -0.3 is 10.4 Å². The molecule has 0 radical (unpaired) electrons. The first kappa shape index (κ1) is 17.7. The van der Waals surface area contributed by atoms with E-state index in [1.54, 1.807) is 0 Å². The topological polar surface area (TPSA) is 66.4 Å². The van der Waals surface area contributed by atoms with Crippen LogP contribution in [-0.4, -0.2) is 23.5 Å². The lowest BCUT2D eigenvalue weighted by Gasteiger charge is -2.06. The van der Waals surface area contributed by atoms with E-state index in [9.17, 15) is 9.59 Å². The van der Waals surface area contributed by atoms with Gasteiger partial charge in [-0.1, -0.05) is 53.4 Å². The zero-order valence-electron chi connectivity index (χ0n) is 12.1. The van der Waals surface area contributed by atoms with Gasteiger partial charge in [0.05, 0.1) is 6.42 Å². The van der Waals surface area contributed by atoms with Crippen LogP contribution in [-0.2, 0) is 16.0 Å². The SMILES string of the molecule is O=C(O)CCCCCCCNC(=O)Cc1ccccc1Br. The Morgan fingerprint density at radius 3 is 2.43 bits per heavy atom. The maximum atomic E-state index is 11.8. The molecule has 0 aliphatic carbocycles. The van der Waals surface area contributed by atoms with Gasteiger partial charge in [0.25, 0.3) is 0 Å². The van der Waals surface area contributed by atoms with Gasteiger partial charge in [-0.15, -0.1) is 0 Å². The zero-order chi connectivity index (χ0) is 15.5. The summed E-state index contributed by atoms with van der Waals surface area (Å²) in [6, 6.07) is 7.71. The van der Waals surface area contributed by atoms with Gasteiger partial charge in [-0.3, -0.25) is 9.59 Å². The molecule has 0 aliphatic rings. The van der Waals surface area contributed by atoms with E-state index >= 15 is 0 Å². The molecule has 1 rings (SSSR count). The fraction of sp³-hybridized carbons (Fsp3) is 0.500. The summed E-state index contributed by atoms with van der Waals surface area (Å²) in [5.74, 6) is -0.692. The van der Waals surface area contributed by atoms with E-state index in [-0.39, 0.29) is 12.3 Å². The zero-order valence-corrected chi connectivity index (χ0v) is 13.7. The van der Waals surface area contributed by atoms with Gasteiger partial charge in [0.1, 0.15) is 0 Å². The van der Waals surface area contributed by atoms with Crippen LogP contribution >= 0.6 is 15.9 Å². The molecule has 5 heteroatoms. The number of carbonyl (C=O) groups is 2. The van der Waals surface area contributed by atoms with Gasteiger partial charge in [0.2, 0.25) is 5.91 Å². The number of hydrogen-bond acceptors (Lipinski definition) is 2. The maximum Gasteiger partial charge on any atom is 0.303 e. The first-order chi connectivity index (χ1) is 10.1. The number of carbonyl (C=O) groups excluding carboxylic acids is 1. The summed E-state index contributed by atoms with van der Waals surface area (Å²) >= 11 is 3.43. The summed E-state index contributed by atoms with van der Waals surface area (Å²) in [6.45, 7) is 0.683. The summed E-state index contributed by atoms with van der Waals surface area (Å²) in [4.78, 5) is 22.1. The van der Waals surface area contributed by atoms with Crippen molar-refractivity contribution in [2.24, 2.45) is 0 Å². The molecule has 0 unspecified atom stereocenters. The molecule has 4 nitrogen and oxygen atoms in total.